The van der Waals surface area contributed by atoms with Crippen molar-refractivity contribution < 1.29 is 23.9 Å². The van der Waals surface area contributed by atoms with E-state index in [1.807, 2.05) is 0 Å². The van der Waals surface area contributed by atoms with Crippen molar-refractivity contribution in [1.29, 1.82) is 0 Å². The summed E-state index contributed by atoms with van der Waals surface area (Å²) in [4.78, 5) is 34.1. The molecule has 0 N–H and O–H groups in total. The van der Waals surface area contributed by atoms with Gasteiger partial charge in [-0.1, -0.05) is 5.21 Å². The van der Waals surface area contributed by atoms with Gasteiger partial charge in [-0.2, -0.15) is 0 Å². The van der Waals surface area contributed by atoms with Gasteiger partial charge in [0.15, 0.2) is 5.69 Å². The number of methoxy groups -OCH3 is 1. The second kappa shape index (κ2) is 4.26. The molecule has 2 heterocycles. The molecule has 0 unspecified atom stereocenters. The zero-order chi connectivity index (χ0) is 14.3. The van der Waals surface area contributed by atoms with E-state index in [0.717, 1.165) is 0 Å². The number of nitrogens with zero attached hydrogens (tertiary/aromatic N) is 3. The van der Waals surface area contributed by atoms with Crippen LogP contribution >= 0.6 is 0 Å². The maximum atomic E-state index is 11.5. The molecule has 1 aromatic carbocycles. The van der Waals surface area contributed by atoms with Crippen molar-refractivity contribution in [3.05, 3.63) is 41.2 Å². The van der Waals surface area contributed by atoms with Gasteiger partial charge in [-0.25, -0.2) is 19.1 Å². The summed E-state index contributed by atoms with van der Waals surface area (Å²) in [7, 11) is 1.28. The van der Waals surface area contributed by atoms with Gasteiger partial charge < -0.3 is 9.47 Å². The van der Waals surface area contributed by atoms with Crippen molar-refractivity contribution in [2.45, 2.75) is 0 Å². The number of rotatable bonds is 2. The van der Waals surface area contributed by atoms with E-state index in [-0.39, 0.29) is 11.4 Å². The van der Waals surface area contributed by atoms with Crippen LogP contribution in [-0.4, -0.2) is 40.0 Å². The monoisotopic (exact) mass is 273 g/mol. The Bertz CT molecular complexity index is 732. The zero-order valence-electron chi connectivity index (χ0n) is 10.2. The minimum Gasteiger partial charge on any atom is -0.465 e. The molecule has 0 fully saturated rings. The number of esters is 3. The van der Waals surface area contributed by atoms with E-state index < -0.39 is 17.9 Å². The number of carbonyl (C=O) groups excluding carboxylic acids is 3. The molecule has 1 aromatic heterocycles. The number of carbonyl (C=O) groups is 3. The van der Waals surface area contributed by atoms with E-state index in [1.54, 1.807) is 12.1 Å². The van der Waals surface area contributed by atoms with E-state index >= 15 is 0 Å². The summed E-state index contributed by atoms with van der Waals surface area (Å²) in [6.07, 6.45) is 0. The topological polar surface area (TPSA) is 100 Å². The quantitative estimate of drug-likeness (QED) is 0.575. The third-order valence-corrected chi connectivity index (χ3v) is 2.78. The van der Waals surface area contributed by atoms with Crippen LogP contribution in [0.3, 0.4) is 0 Å². The summed E-state index contributed by atoms with van der Waals surface area (Å²) < 4.78 is 10.2. The minimum atomic E-state index is -0.817. The second-order valence-corrected chi connectivity index (χ2v) is 3.91. The molecule has 0 saturated carbocycles. The number of aromatic nitrogens is 3. The van der Waals surface area contributed by atoms with Crippen LogP contribution in [0.25, 0.3) is 5.69 Å². The van der Waals surface area contributed by atoms with Crippen molar-refractivity contribution >= 4 is 17.9 Å². The first-order valence-electron chi connectivity index (χ1n) is 5.53. The molecule has 0 radical (unpaired) electrons. The van der Waals surface area contributed by atoms with Crippen molar-refractivity contribution in [1.82, 2.24) is 15.0 Å². The lowest BCUT2D eigenvalue weighted by molar-refractivity contribution is 0.0433. The van der Waals surface area contributed by atoms with Gasteiger partial charge >= 0.3 is 17.9 Å². The highest BCUT2D eigenvalue weighted by molar-refractivity contribution is 6.12. The van der Waals surface area contributed by atoms with E-state index in [0.29, 0.717) is 11.3 Å². The zero-order valence-corrected chi connectivity index (χ0v) is 10.2. The van der Waals surface area contributed by atoms with Crippen LogP contribution in [0, 0.1) is 0 Å². The van der Waals surface area contributed by atoms with E-state index in [2.05, 4.69) is 19.8 Å². The summed E-state index contributed by atoms with van der Waals surface area (Å²) in [5.41, 5.74) is 0.678. The van der Waals surface area contributed by atoms with Crippen LogP contribution in [-0.2, 0) is 9.47 Å². The third-order valence-electron chi connectivity index (χ3n) is 2.78. The molecular weight excluding hydrogens is 266 g/mol. The third kappa shape index (κ3) is 1.66. The van der Waals surface area contributed by atoms with Crippen LogP contribution in [0.5, 0.6) is 0 Å². The fourth-order valence-corrected chi connectivity index (χ4v) is 1.82. The maximum Gasteiger partial charge on any atom is 0.369 e. The van der Waals surface area contributed by atoms with Gasteiger partial charge in [-0.15, -0.1) is 5.10 Å². The molecule has 1 aliphatic heterocycles. The highest BCUT2D eigenvalue weighted by Crippen LogP contribution is 2.20. The molecule has 2 aromatic rings. The molecule has 0 atom stereocenters. The first-order chi connectivity index (χ1) is 9.61. The first kappa shape index (κ1) is 12.0. The Balaban J connectivity index is 2.03. The molecular formula is C12H7N3O5. The van der Waals surface area contributed by atoms with Crippen molar-refractivity contribution in [2.24, 2.45) is 0 Å². The molecule has 3 rings (SSSR count). The van der Waals surface area contributed by atoms with Crippen molar-refractivity contribution in [3.8, 4) is 5.69 Å². The van der Waals surface area contributed by atoms with Crippen molar-refractivity contribution in [3.63, 3.8) is 0 Å². The van der Waals surface area contributed by atoms with Crippen LogP contribution < -0.4 is 0 Å². The standard InChI is InChI=1S/C12H7N3O5/c1-19-10(16)6-2-4-7(5-3-6)15-9-8(13-14-15)11(17)20-12(9)18/h2-5H,1H3. The van der Waals surface area contributed by atoms with Gasteiger partial charge in [0.05, 0.1) is 18.4 Å². The normalized spacial score (nSPS) is 13.1. The average molecular weight is 273 g/mol. The van der Waals surface area contributed by atoms with Crippen LogP contribution in [0.4, 0.5) is 0 Å². The number of benzene rings is 1. The van der Waals surface area contributed by atoms with Crippen LogP contribution in [0.2, 0.25) is 0 Å². The van der Waals surface area contributed by atoms with Crippen molar-refractivity contribution in [2.75, 3.05) is 7.11 Å². The molecule has 8 heteroatoms. The number of ether oxygens (including phenoxy) is 2. The molecule has 0 bridgehead atoms. The lowest BCUT2D eigenvalue weighted by Crippen LogP contribution is -2.09. The minimum absolute atomic E-state index is 0.0270. The van der Waals surface area contributed by atoms with E-state index in [4.69, 9.17) is 0 Å². The first-order valence-corrected chi connectivity index (χ1v) is 5.53. The van der Waals surface area contributed by atoms with E-state index in [1.165, 1.54) is 23.9 Å². The van der Waals surface area contributed by atoms with Gasteiger partial charge in [0, 0.05) is 0 Å². The molecule has 0 spiro atoms. The molecule has 8 nitrogen and oxygen atoms in total. The Morgan fingerprint density at radius 3 is 2.55 bits per heavy atom. The summed E-state index contributed by atoms with van der Waals surface area (Å²) in [5, 5.41) is 7.34. The number of fused-ring (bicyclic) bond motifs is 1. The molecule has 1 aliphatic rings. The largest absolute Gasteiger partial charge is 0.465 e. The smallest absolute Gasteiger partial charge is 0.369 e. The van der Waals surface area contributed by atoms with Crippen LogP contribution in [0.15, 0.2) is 24.3 Å². The Kier molecular flexibility index (Phi) is 2.56. The Morgan fingerprint density at radius 1 is 1.20 bits per heavy atom. The molecule has 0 saturated heterocycles. The maximum absolute atomic E-state index is 11.5. The second-order valence-electron chi connectivity index (χ2n) is 3.91. The Labute approximate surface area is 111 Å². The lowest BCUT2D eigenvalue weighted by atomic mass is 10.2. The molecule has 0 aliphatic carbocycles. The highest BCUT2D eigenvalue weighted by atomic mass is 16.6. The lowest BCUT2D eigenvalue weighted by Gasteiger charge is -2.03. The predicted octanol–water partition coefficient (Wildman–Crippen LogP) is 0.364. The fraction of sp³-hybridized carbons (Fsp3) is 0.0833. The fourth-order valence-electron chi connectivity index (χ4n) is 1.82. The molecule has 20 heavy (non-hydrogen) atoms. The van der Waals surface area contributed by atoms with Gasteiger partial charge in [-0.3, -0.25) is 0 Å². The SMILES string of the molecule is COC(=O)c1ccc(-n2nnc3c2C(=O)OC3=O)cc1. The number of hydrogen-bond donors (Lipinski definition) is 0. The van der Waals surface area contributed by atoms with E-state index in [9.17, 15) is 14.4 Å². The summed E-state index contributed by atoms with van der Waals surface area (Å²) >= 11 is 0. The average Bonchev–Trinajstić information content (AvgIpc) is 3.01. The summed E-state index contributed by atoms with van der Waals surface area (Å²) in [5.74, 6) is -2.09. The predicted molar refractivity (Wildman–Crippen MR) is 62.4 cm³/mol. The molecule has 0 amide bonds. The van der Waals surface area contributed by atoms with Gasteiger partial charge in [0.1, 0.15) is 0 Å². The highest BCUT2D eigenvalue weighted by Gasteiger charge is 2.37. The Hall–Kier alpha value is -3.03. The number of hydrogen-bond acceptors (Lipinski definition) is 7. The number of cyclic esters (lactones) is 2. The van der Waals surface area contributed by atoms with Gasteiger partial charge in [0.2, 0.25) is 5.69 Å². The summed E-state index contributed by atoms with van der Waals surface area (Å²) in [6.45, 7) is 0. The Morgan fingerprint density at radius 2 is 1.90 bits per heavy atom. The van der Waals surface area contributed by atoms with Gasteiger partial charge in [0.25, 0.3) is 0 Å². The van der Waals surface area contributed by atoms with Gasteiger partial charge in [-0.05, 0) is 24.3 Å². The molecule has 100 valence electrons. The van der Waals surface area contributed by atoms with Crippen LogP contribution in [0.1, 0.15) is 31.3 Å². The summed E-state index contributed by atoms with van der Waals surface area (Å²) in [6, 6.07) is 6.13.